The molecule has 12 atom stereocenters. The second kappa shape index (κ2) is 12.1. The smallest absolute Gasteiger partial charge is 0.269 e. The minimum atomic E-state index is -4.64. The molecule has 0 spiro atoms. The van der Waals surface area contributed by atoms with Crippen molar-refractivity contribution in [3.05, 3.63) is 0 Å². The number of halogens is 2. The van der Waals surface area contributed by atoms with E-state index in [1.807, 2.05) is 0 Å². The van der Waals surface area contributed by atoms with E-state index in [1.165, 1.54) is 0 Å². The highest BCUT2D eigenvalue weighted by atomic mass is 35.5. The highest BCUT2D eigenvalue weighted by molar-refractivity contribution is 7.86. The second-order valence-electron chi connectivity index (χ2n) is 12.0. The predicted molar refractivity (Wildman–Crippen MR) is 150 cm³/mol. The van der Waals surface area contributed by atoms with Crippen LogP contribution >= 0.6 is 23.2 Å². The third-order valence-electron chi connectivity index (χ3n) is 9.61. The number of nitrogens with two attached hydrogens (primary N) is 1. The monoisotopic (exact) mass is 660 g/mol. The fourth-order valence-corrected chi connectivity index (χ4v) is 10.4. The number of Topliss-reactive ketones (excluding diaryl/α,β-unsaturated/α-hetero) is 2. The van der Waals surface area contributed by atoms with E-state index in [0.717, 1.165) is 12.8 Å². The number of carbonyl (C=O) groups is 2. The van der Waals surface area contributed by atoms with Crippen LogP contribution in [-0.4, -0.2) is 89.7 Å². The average molecular weight is 662 g/mol. The van der Waals surface area contributed by atoms with Gasteiger partial charge in [0.05, 0.1) is 0 Å². The van der Waals surface area contributed by atoms with Gasteiger partial charge in [0.2, 0.25) is 0 Å². The van der Waals surface area contributed by atoms with Gasteiger partial charge in [0, 0.05) is 47.8 Å². The molecule has 0 radical (unpaired) electrons. The van der Waals surface area contributed by atoms with Crippen molar-refractivity contribution in [1.82, 2.24) is 26.6 Å². The number of hydrogen-bond donors (Lipinski definition) is 8. The lowest BCUT2D eigenvalue weighted by atomic mass is 9.56. The van der Waals surface area contributed by atoms with Crippen LogP contribution in [0.5, 0.6) is 0 Å². The first kappa shape index (κ1) is 31.9. The summed E-state index contributed by atoms with van der Waals surface area (Å²) < 4.78 is 69.2. The maximum absolute atomic E-state index is 13.8. The number of fused-ring (bicyclic) bond motifs is 2. The van der Waals surface area contributed by atoms with Crippen LogP contribution in [0, 0.1) is 23.7 Å². The van der Waals surface area contributed by atoms with Crippen molar-refractivity contribution >= 4 is 55.0 Å². The van der Waals surface area contributed by atoms with E-state index >= 15 is 0 Å². The van der Waals surface area contributed by atoms with Gasteiger partial charge in [-0.2, -0.15) is 16.8 Å². The molecule has 234 valence electrons. The SMILES string of the molecule is NC1C2C(=O)C3CCCCC3C(=O)C2C(NC2CCC(S(=O)(=O)O)C(NC3NC(Cl)NC(Cl)N3)C2)CC1S(=O)(=O)O. The molecule has 5 fully saturated rings. The number of alkyl halides is 2. The van der Waals surface area contributed by atoms with E-state index in [4.69, 9.17) is 28.9 Å². The van der Waals surface area contributed by atoms with Crippen LogP contribution in [0.3, 0.4) is 0 Å². The lowest BCUT2D eigenvalue weighted by molar-refractivity contribution is -0.153. The normalized spacial score (nSPS) is 46.0. The molecule has 0 aromatic carbocycles. The fraction of sp³-hybridized carbons (Fsp3) is 0.913. The number of carbonyl (C=O) groups excluding carboxylic acids is 2. The van der Waals surface area contributed by atoms with E-state index < -0.39 is 96.1 Å². The van der Waals surface area contributed by atoms with Crippen LogP contribution in [0.1, 0.15) is 51.4 Å². The van der Waals surface area contributed by atoms with Gasteiger partial charge in [-0.15, -0.1) is 0 Å². The van der Waals surface area contributed by atoms with Gasteiger partial charge >= 0.3 is 0 Å². The molecule has 14 nitrogen and oxygen atoms in total. The molecule has 4 aliphatic carbocycles. The largest absolute Gasteiger partial charge is 0.326 e. The van der Waals surface area contributed by atoms with Crippen molar-refractivity contribution in [1.29, 1.82) is 0 Å². The van der Waals surface area contributed by atoms with Crippen LogP contribution in [0.4, 0.5) is 0 Å². The van der Waals surface area contributed by atoms with Crippen LogP contribution < -0.4 is 32.3 Å². The van der Waals surface area contributed by atoms with Gasteiger partial charge in [-0.05, 0) is 38.5 Å². The van der Waals surface area contributed by atoms with Gasteiger partial charge in [0.1, 0.15) is 39.6 Å². The summed E-state index contributed by atoms with van der Waals surface area (Å²) in [5, 5.41) is 12.5. The molecule has 12 unspecified atom stereocenters. The Kier molecular flexibility index (Phi) is 9.43. The minimum absolute atomic E-state index is 0.0629. The Morgan fingerprint density at radius 2 is 1.29 bits per heavy atom. The maximum atomic E-state index is 13.8. The zero-order chi connectivity index (χ0) is 29.9. The Morgan fingerprint density at radius 3 is 1.85 bits per heavy atom. The maximum Gasteiger partial charge on any atom is 0.269 e. The van der Waals surface area contributed by atoms with Crippen molar-refractivity contribution < 1.29 is 35.5 Å². The predicted octanol–water partition coefficient (Wildman–Crippen LogP) is -0.999. The molecule has 4 saturated carbocycles. The van der Waals surface area contributed by atoms with Crippen molar-refractivity contribution in [2.75, 3.05) is 0 Å². The van der Waals surface area contributed by atoms with Crippen LogP contribution in [-0.2, 0) is 29.8 Å². The Hall–Kier alpha value is -0.500. The van der Waals surface area contributed by atoms with E-state index in [2.05, 4.69) is 26.6 Å². The Labute approximate surface area is 249 Å². The first-order valence-electron chi connectivity index (χ1n) is 14.0. The number of nitrogens with one attached hydrogen (secondary N) is 5. The molecule has 5 rings (SSSR count). The molecular weight excluding hydrogens is 623 g/mol. The molecule has 0 bridgehead atoms. The van der Waals surface area contributed by atoms with Gasteiger partial charge < -0.3 is 11.1 Å². The van der Waals surface area contributed by atoms with Crippen molar-refractivity contribution in [3.8, 4) is 0 Å². The van der Waals surface area contributed by atoms with Crippen LogP contribution in [0.25, 0.3) is 0 Å². The Morgan fingerprint density at radius 1 is 0.732 bits per heavy atom. The summed E-state index contributed by atoms with van der Waals surface area (Å²) >= 11 is 12.2. The topological polar surface area (TPSA) is 229 Å². The standard InChI is InChI=1S/C23H38Cl2N6O8S2/c24-21-29-22(25)31-23(30-21)28-12-7-9(5-6-14(12)40(34,35)36)27-13-8-15(41(37,38)39)18(26)17-16(13)19(32)10-3-1-2-4-11(10)20(17)33/h9-18,21-23,27-31H,1-8,26H2,(H,34,35,36)(H,37,38,39). The highest BCUT2D eigenvalue weighted by Crippen LogP contribution is 2.47. The summed E-state index contributed by atoms with van der Waals surface area (Å²) in [5.41, 5.74) is 4.87. The fourth-order valence-electron chi connectivity index (χ4n) is 7.82. The average Bonchev–Trinajstić information content (AvgIpc) is 2.86. The number of ketones is 2. The molecule has 1 saturated heterocycles. The van der Waals surface area contributed by atoms with Gasteiger partial charge in [-0.25, -0.2) is 0 Å². The van der Waals surface area contributed by atoms with Crippen LogP contribution in [0.15, 0.2) is 0 Å². The zero-order valence-corrected chi connectivity index (χ0v) is 25.3. The molecule has 0 amide bonds. The summed E-state index contributed by atoms with van der Waals surface area (Å²) in [6, 6.07) is -3.22. The minimum Gasteiger partial charge on any atom is -0.326 e. The molecule has 1 aliphatic heterocycles. The highest BCUT2D eigenvalue weighted by Gasteiger charge is 2.59. The van der Waals surface area contributed by atoms with Gasteiger partial charge in [-0.1, -0.05) is 36.0 Å². The molecular formula is C23H38Cl2N6O8S2. The third kappa shape index (κ3) is 6.63. The summed E-state index contributed by atoms with van der Waals surface area (Å²) in [5.74, 6) is -3.16. The first-order chi connectivity index (χ1) is 19.1. The summed E-state index contributed by atoms with van der Waals surface area (Å²) in [4.78, 5) is 27.5. The number of hydrogen-bond acceptors (Lipinski definition) is 12. The van der Waals surface area contributed by atoms with Gasteiger partial charge in [0.25, 0.3) is 20.2 Å². The molecule has 0 aromatic heterocycles. The van der Waals surface area contributed by atoms with Crippen LogP contribution in [0.2, 0.25) is 0 Å². The summed E-state index contributed by atoms with van der Waals surface area (Å²) in [6.45, 7) is 0. The Balaban J connectivity index is 1.39. The third-order valence-corrected chi connectivity index (χ3v) is 12.7. The molecule has 18 heteroatoms. The van der Waals surface area contributed by atoms with Crippen molar-refractivity contribution in [2.24, 2.45) is 29.4 Å². The summed E-state index contributed by atoms with van der Waals surface area (Å²) in [6.07, 6.45) is 2.41. The van der Waals surface area contributed by atoms with Gasteiger partial charge in [0.15, 0.2) is 0 Å². The van der Waals surface area contributed by atoms with E-state index in [9.17, 15) is 35.5 Å². The number of rotatable bonds is 6. The molecule has 1 heterocycles. The molecule has 41 heavy (non-hydrogen) atoms. The van der Waals surface area contributed by atoms with E-state index in [1.54, 1.807) is 0 Å². The zero-order valence-electron chi connectivity index (χ0n) is 22.2. The summed E-state index contributed by atoms with van der Waals surface area (Å²) in [7, 11) is -9.09. The quantitative estimate of drug-likeness (QED) is 0.0971. The molecule has 0 aromatic rings. The van der Waals surface area contributed by atoms with E-state index in [0.29, 0.717) is 12.8 Å². The first-order valence-corrected chi connectivity index (χ1v) is 17.9. The second-order valence-corrected chi connectivity index (χ2v) is 16.1. The van der Waals surface area contributed by atoms with Crippen molar-refractivity contribution in [2.45, 2.75) is 104 Å². The van der Waals surface area contributed by atoms with Gasteiger partial charge in [-0.3, -0.25) is 40.0 Å². The Bertz CT molecular complexity index is 1230. The molecule has 5 aliphatic rings. The lowest BCUT2D eigenvalue weighted by Crippen LogP contribution is -2.71. The van der Waals surface area contributed by atoms with E-state index in [-0.39, 0.29) is 37.2 Å². The van der Waals surface area contributed by atoms with Crippen molar-refractivity contribution in [3.63, 3.8) is 0 Å². The lowest BCUT2D eigenvalue weighted by Gasteiger charge is -2.51. The molecule has 9 N–H and O–H groups in total.